The van der Waals surface area contributed by atoms with Gasteiger partial charge in [0, 0.05) is 30.3 Å². The van der Waals surface area contributed by atoms with Crippen molar-refractivity contribution in [3.63, 3.8) is 0 Å². The summed E-state index contributed by atoms with van der Waals surface area (Å²) in [7, 11) is 0. The van der Waals surface area contributed by atoms with E-state index in [0.29, 0.717) is 17.6 Å². The number of urea groups is 1. The summed E-state index contributed by atoms with van der Waals surface area (Å²) in [6.07, 6.45) is 0. The number of carbonyl (C=O) groups excluding carboxylic acids is 1. The normalized spacial score (nSPS) is 15.2. The lowest BCUT2D eigenvalue weighted by Gasteiger charge is -2.37. The predicted molar refractivity (Wildman–Crippen MR) is 69.5 cm³/mol. The summed E-state index contributed by atoms with van der Waals surface area (Å²) >= 11 is 5.87. The van der Waals surface area contributed by atoms with Crippen LogP contribution in [0.3, 0.4) is 0 Å². The Hall–Kier alpha value is -1.26. The molecule has 0 spiro atoms. The molecule has 5 heteroatoms. The molecule has 0 radical (unpaired) electrons. The molecule has 0 saturated carbocycles. The first kappa shape index (κ1) is 12.2. The maximum absolute atomic E-state index is 12.0. The fourth-order valence-corrected chi connectivity index (χ4v) is 2.01. The van der Waals surface area contributed by atoms with Crippen LogP contribution in [0.5, 0.6) is 0 Å². The van der Waals surface area contributed by atoms with Gasteiger partial charge < -0.3 is 15.5 Å². The number of amides is 2. The maximum Gasteiger partial charge on any atom is 0.322 e. The molecule has 1 heterocycles. The summed E-state index contributed by atoms with van der Waals surface area (Å²) in [6, 6.07) is 7.41. The third kappa shape index (κ3) is 2.90. The van der Waals surface area contributed by atoms with Crippen LogP contribution in [-0.4, -0.2) is 36.6 Å². The quantitative estimate of drug-likeness (QED) is 0.867. The van der Waals surface area contributed by atoms with E-state index >= 15 is 0 Å². The molecule has 17 heavy (non-hydrogen) atoms. The van der Waals surface area contributed by atoms with E-state index in [9.17, 15) is 4.79 Å². The number of carbonyl (C=O) groups is 1. The van der Waals surface area contributed by atoms with Gasteiger partial charge in [0.2, 0.25) is 0 Å². The van der Waals surface area contributed by atoms with E-state index in [1.165, 1.54) is 0 Å². The molecule has 4 nitrogen and oxygen atoms in total. The van der Waals surface area contributed by atoms with Crippen molar-refractivity contribution in [2.45, 2.75) is 13.0 Å². The highest BCUT2D eigenvalue weighted by Crippen LogP contribution is 2.16. The van der Waals surface area contributed by atoms with Gasteiger partial charge in [-0.15, -0.1) is 0 Å². The number of likely N-dealkylation sites (N-methyl/N-ethyl adjacent to an activating group) is 1. The van der Waals surface area contributed by atoms with Crippen LogP contribution in [0, 0.1) is 0 Å². The fraction of sp³-hybridized carbons (Fsp3) is 0.417. The number of nitrogens with one attached hydrogen (secondary N) is 2. The first-order valence-electron chi connectivity index (χ1n) is 5.74. The van der Waals surface area contributed by atoms with Gasteiger partial charge >= 0.3 is 6.03 Å². The molecule has 1 aromatic carbocycles. The molecular formula is C12H16ClN3O. The second kappa shape index (κ2) is 5.38. The number of nitrogens with zero attached hydrogens (tertiary/aromatic N) is 1. The Morgan fingerprint density at radius 3 is 2.88 bits per heavy atom. The summed E-state index contributed by atoms with van der Waals surface area (Å²) in [6.45, 7) is 4.43. The Labute approximate surface area is 106 Å². The highest BCUT2D eigenvalue weighted by molar-refractivity contribution is 6.30. The molecule has 0 bridgehead atoms. The van der Waals surface area contributed by atoms with Crippen molar-refractivity contribution in [3.8, 4) is 0 Å². The zero-order valence-electron chi connectivity index (χ0n) is 9.74. The Kier molecular flexibility index (Phi) is 3.86. The molecule has 1 aromatic rings. The van der Waals surface area contributed by atoms with Gasteiger partial charge in [0.1, 0.15) is 0 Å². The SMILES string of the molecule is CCN(C(=O)Nc1cccc(Cl)c1)C1CNC1. The van der Waals surface area contributed by atoms with Crippen molar-refractivity contribution < 1.29 is 4.79 Å². The fourth-order valence-electron chi connectivity index (χ4n) is 1.82. The van der Waals surface area contributed by atoms with Gasteiger partial charge in [0.25, 0.3) is 0 Å². The minimum Gasteiger partial charge on any atom is -0.319 e. The van der Waals surface area contributed by atoms with Gasteiger partial charge in [-0.2, -0.15) is 0 Å². The van der Waals surface area contributed by atoms with Crippen molar-refractivity contribution in [1.82, 2.24) is 10.2 Å². The van der Waals surface area contributed by atoms with Crippen LogP contribution in [0.25, 0.3) is 0 Å². The van der Waals surface area contributed by atoms with E-state index in [2.05, 4.69) is 10.6 Å². The molecule has 1 aliphatic heterocycles. The molecule has 92 valence electrons. The van der Waals surface area contributed by atoms with E-state index in [0.717, 1.165) is 18.8 Å². The van der Waals surface area contributed by atoms with Crippen molar-refractivity contribution in [2.24, 2.45) is 0 Å². The van der Waals surface area contributed by atoms with E-state index < -0.39 is 0 Å². The molecule has 2 N–H and O–H groups in total. The zero-order chi connectivity index (χ0) is 12.3. The van der Waals surface area contributed by atoms with Crippen molar-refractivity contribution in [2.75, 3.05) is 25.0 Å². The lowest BCUT2D eigenvalue weighted by Crippen LogP contribution is -2.59. The Balaban J connectivity index is 1.99. The Morgan fingerprint density at radius 1 is 1.59 bits per heavy atom. The largest absolute Gasteiger partial charge is 0.322 e. The first-order chi connectivity index (χ1) is 8.20. The van der Waals surface area contributed by atoms with E-state index in [1.807, 2.05) is 24.0 Å². The lowest BCUT2D eigenvalue weighted by atomic mass is 10.1. The average Bonchev–Trinajstić information content (AvgIpc) is 2.22. The third-order valence-electron chi connectivity index (χ3n) is 2.88. The Bertz CT molecular complexity index is 406. The number of halogens is 1. The molecule has 1 aliphatic rings. The van der Waals surface area contributed by atoms with Crippen LogP contribution in [0.4, 0.5) is 10.5 Å². The molecule has 0 aliphatic carbocycles. The lowest BCUT2D eigenvalue weighted by molar-refractivity contribution is 0.165. The van der Waals surface area contributed by atoms with Gasteiger partial charge in [-0.3, -0.25) is 0 Å². The molecule has 0 aromatic heterocycles. The standard InChI is InChI=1S/C12H16ClN3O/c1-2-16(11-7-14-8-11)12(17)15-10-5-3-4-9(13)6-10/h3-6,11,14H,2,7-8H2,1H3,(H,15,17). The van der Waals surface area contributed by atoms with Gasteiger partial charge in [-0.25, -0.2) is 4.79 Å². The van der Waals surface area contributed by atoms with Crippen LogP contribution < -0.4 is 10.6 Å². The number of hydrogen-bond acceptors (Lipinski definition) is 2. The summed E-state index contributed by atoms with van der Waals surface area (Å²) in [4.78, 5) is 13.9. The highest BCUT2D eigenvalue weighted by Gasteiger charge is 2.27. The third-order valence-corrected chi connectivity index (χ3v) is 3.11. The second-order valence-corrected chi connectivity index (χ2v) is 4.48. The van der Waals surface area contributed by atoms with Crippen LogP contribution in [0.15, 0.2) is 24.3 Å². The Morgan fingerprint density at radius 2 is 2.35 bits per heavy atom. The summed E-state index contributed by atoms with van der Waals surface area (Å²) in [5.41, 5.74) is 0.730. The molecule has 1 saturated heterocycles. The summed E-state index contributed by atoms with van der Waals surface area (Å²) in [5.74, 6) is 0. The van der Waals surface area contributed by atoms with Crippen LogP contribution in [0.1, 0.15) is 6.92 Å². The molecular weight excluding hydrogens is 238 g/mol. The minimum atomic E-state index is -0.0683. The summed E-state index contributed by atoms with van der Waals surface area (Å²) in [5, 5.41) is 6.64. The van der Waals surface area contributed by atoms with E-state index in [1.54, 1.807) is 12.1 Å². The van der Waals surface area contributed by atoms with Gasteiger partial charge in [-0.1, -0.05) is 17.7 Å². The highest BCUT2D eigenvalue weighted by atomic mass is 35.5. The van der Waals surface area contributed by atoms with Crippen LogP contribution in [-0.2, 0) is 0 Å². The average molecular weight is 254 g/mol. The topological polar surface area (TPSA) is 44.4 Å². The van der Waals surface area contributed by atoms with Crippen molar-refractivity contribution in [3.05, 3.63) is 29.3 Å². The van der Waals surface area contributed by atoms with E-state index in [4.69, 9.17) is 11.6 Å². The van der Waals surface area contributed by atoms with Crippen molar-refractivity contribution >= 4 is 23.3 Å². The second-order valence-electron chi connectivity index (χ2n) is 4.04. The summed E-state index contributed by atoms with van der Waals surface area (Å²) < 4.78 is 0. The monoisotopic (exact) mass is 253 g/mol. The number of hydrogen-bond donors (Lipinski definition) is 2. The first-order valence-corrected chi connectivity index (χ1v) is 6.12. The molecule has 1 fully saturated rings. The van der Waals surface area contributed by atoms with Gasteiger partial charge in [-0.05, 0) is 25.1 Å². The van der Waals surface area contributed by atoms with Gasteiger partial charge in [0.15, 0.2) is 0 Å². The van der Waals surface area contributed by atoms with Crippen LogP contribution in [0.2, 0.25) is 5.02 Å². The smallest absolute Gasteiger partial charge is 0.319 e. The molecule has 0 atom stereocenters. The van der Waals surface area contributed by atoms with Gasteiger partial charge in [0.05, 0.1) is 6.04 Å². The van der Waals surface area contributed by atoms with Crippen molar-refractivity contribution in [1.29, 1.82) is 0 Å². The zero-order valence-corrected chi connectivity index (χ0v) is 10.5. The van der Waals surface area contributed by atoms with Crippen LogP contribution >= 0.6 is 11.6 Å². The maximum atomic E-state index is 12.0. The minimum absolute atomic E-state index is 0.0683. The molecule has 2 amide bonds. The molecule has 2 rings (SSSR count). The number of anilines is 1. The number of benzene rings is 1. The predicted octanol–water partition coefficient (Wildman–Crippen LogP) is 2.17. The molecule has 0 unspecified atom stereocenters. The number of rotatable bonds is 3. The van der Waals surface area contributed by atoms with E-state index in [-0.39, 0.29) is 6.03 Å².